The number of carboxylic acids is 1. The first-order valence-electron chi connectivity index (χ1n) is 8.63. The molecule has 2 N–H and O–H groups in total. The highest BCUT2D eigenvalue weighted by Crippen LogP contribution is 2.27. The average Bonchev–Trinajstić information content (AvgIpc) is 3.16. The Morgan fingerprint density at radius 2 is 1.77 bits per heavy atom. The molecule has 3 rings (SSSR count). The van der Waals surface area contributed by atoms with Crippen molar-refractivity contribution in [2.45, 2.75) is 24.2 Å². The number of rotatable bonds is 7. The third-order valence-corrected chi connectivity index (χ3v) is 5.96. The fourth-order valence-corrected chi connectivity index (χ4v) is 4.20. The first-order chi connectivity index (χ1) is 12.5. The standard InChI is InChI=1S/C19H22N2O4S/c22-19(23)17-14-16(8-9-18(17)21-12-4-5-13-21)26(24,25)20-11-10-15-6-2-1-3-7-15/h1-3,6-9,14,20H,4-5,10-13H2,(H,22,23). The van der Waals surface area contributed by atoms with Gasteiger partial charge in [0.05, 0.1) is 16.1 Å². The van der Waals surface area contributed by atoms with Crippen LogP contribution in [0.1, 0.15) is 28.8 Å². The fourth-order valence-electron chi connectivity index (χ4n) is 3.15. The van der Waals surface area contributed by atoms with Gasteiger partial charge in [-0.15, -0.1) is 0 Å². The molecule has 2 aromatic rings. The molecule has 6 nitrogen and oxygen atoms in total. The van der Waals surface area contributed by atoms with Crippen LogP contribution < -0.4 is 9.62 Å². The van der Waals surface area contributed by atoms with Crippen molar-refractivity contribution in [2.75, 3.05) is 24.5 Å². The zero-order valence-corrected chi connectivity index (χ0v) is 15.2. The lowest BCUT2D eigenvalue weighted by Crippen LogP contribution is -2.27. The van der Waals surface area contributed by atoms with Crippen LogP contribution in [0.3, 0.4) is 0 Å². The van der Waals surface area contributed by atoms with Crippen LogP contribution in [0.25, 0.3) is 0 Å². The number of hydrogen-bond donors (Lipinski definition) is 2. The van der Waals surface area contributed by atoms with Crippen LogP contribution in [0.4, 0.5) is 5.69 Å². The Morgan fingerprint density at radius 3 is 2.42 bits per heavy atom. The number of aromatic carboxylic acids is 1. The number of sulfonamides is 1. The van der Waals surface area contributed by atoms with E-state index in [0.717, 1.165) is 31.5 Å². The number of hydrogen-bond acceptors (Lipinski definition) is 4. The van der Waals surface area contributed by atoms with E-state index in [4.69, 9.17) is 0 Å². The lowest BCUT2D eigenvalue weighted by atomic mass is 10.1. The normalized spacial score (nSPS) is 14.5. The number of carbonyl (C=O) groups is 1. The molecule has 0 spiro atoms. The number of carboxylic acid groups (broad SMARTS) is 1. The molecule has 1 aliphatic heterocycles. The molecule has 1 saturated heterocycles. The Morgan fingerprint density at radius 1 is 1.08 bits per heavy atom. The maximum Gasteiger partial charge on any atom is 0.337 e. The Bertz CT molecular complexity index is 876. The Balaban J connectivity index is 1.76. The zero-order valence-electron chi connectivity index (χ0n) is 14.4. The van der Waals surface area contributed by atoms with Gasteiger partial charge in [0, 0.05) is 19.6 Å². The minimum absolute atomic E-state index is 0.0223. The highest BCUT2D eigenvalue weighted by molar-refractivity contribution is 7.89. The summed E-state index contributed by atoms with van der Waals surface area (Å²) in [5.74, 6) is -1.12. The first-order valence-corrected chi connectivity index (χ1v) is 10.1. The van der Waals surface area contributed by atoms with Crippen LogP contribution >= 0.6 is 0 Å². The van der Waals surface area contributed by atoms with Gasteiger partial charge in [0.2, 0.25) is 10.0 Å². The minimum Gasteiger partial charge on any atom is -0.478 e. The van der Waals surface area contributed by atoms with Crippen molar-refractivity contribution in [1.29, 1.82) is 0 Å². The maximum atomic E-state index is 12.5. The summed E-state index contributed by atoms with van der Waals surface area (Å²) in [4.78, 5) is 13.6. The van der Waals surface area contributed by atoms with E-state index < -0.39 is 16.0 Å². The molecule has 7 heteroatoms. The zero-order chi connectivity index (χ0) is 18.6. The van der Waals surface area contributed by atoms with E-state index in [0.29, 0.717) is 12.1 Å². The molecule has 0 saturated carbocycles. The van der Waals surface area contributed by atoms with Gasteiger partial charge in [-0.2, -0.15) is 0 Å². The lowest BCUT2D eigenvalue weighted by molar-refractivity contribution is 0.0697. The molecule has 0 atom stereocenters. The summed E-state index contributed by atoms with van der Waals surface area (Å²) in [6.07, 6.45) is 2.60. The van der Waals surface area contributed by atoms with Crippen molar-refractivity contribution in [3.05, 3.63) is 59.7 Å². The summed E-state index contributed by atoms with van der Waals surface area (Å²) in [6, 6.07) is 13.9. The monoisotopic (exact) mass is 374 g/mol. The minimum atomic E-state index is -3.76. The number of nitrogens with zero attached hydrogens (tertiary/aromatic N) is 1. The highest BCUT2D eigenvalue weighted by atomic mass is 32.2. The molecule has 138 valence electrons. The lowest BCUT2D eigenvalue weighted by Gasteiger charge is -2.20. The van der Waals surface area contributed by atoms with Gasteiger partial charge in [0.15, 0.2) is 0 Å². The number of anilines is 1. The molecule has 0 unspecified atom stereocenters. The summed E-state index contributed by atoms with van der Waals surface area (Å²) in [5.41, 5.74) is 1.64. The third-order valence-electron chi connectivity index (χ3n) is 4.50. The SMILES string of the molecule is O=C(O)c1cc(S(=O)(=O)NCCc2ccccc2)ccc1N1CCCC1. The van der Waals surface area contributed by atoms with Crippen molar-refractivity contribution in [3.63, 3.8) is 0 Å². The molecule has 0 bridgehead atoms. The Kier molecular flexibility index (Phi) is 5.58. The smallest absolute Gasteiger partial charge is 0.337 e. The van der Waals surface area contributed by atoms with Crippen LogP contribution in [-0.2, 0) is 16.4 Å². The predicted molar refractivity (Wildman–Crippen MR) is 100 cm³/mol. The molecule has 0 aromatic heterocycles. The summed E-state index contributed by atoms with van der Waals surface area (Å²) >= 11 is 0. The molecule has 0 aliphatic carbocycles. The van der Waals surface area contributed by atoms with E-state index in [1.807, 2.05) is 35.2 Å². The van der Waals surface area contributed by atoms with E-state index in [1.165, 1.54) is 12.1 Å². The van der Waals surface area contributed by atoms with Gasteiger partial charge in [0.25, 0.3) is 0 Å². The van der Waals surface area contributed by atoms with Crippen molar-refractivity contribution in [2.24, 2.45) is 0 Å². The van der Waals surface area contributed by atoms with Gasteiger partial charge in [-0.3, -0.25) is 0 Å². The summed E-state index contributed by atoms with van der Waals surface area (Å²) < 4.78 is 27.6. The van der Waals surface area contributed by atoms with E-state index in [9.17, 15) is 18.3 Å². The highest BCUT2D eigenvalue weighted by Gasteiger charge is 2.23. The van der Waals surface area contributed by atoms with Crippen LogP contribution in [0.2, 0.25) is 0 Å². The van der Waals surface area contributed by atoms with E-state index >= 15 is 0 Å². The summed E-state index contributed by atoms with van der Waals surface area (Å²) in [7, 11) is -3.76. The molecule has 1 aliphatic rings. The maximum absolute atomic E-state index is 12.5. The summed E-state index contributed by atoms with van der Waals surface area (Å²) in [6.45, 7) is 1.84. The van der Waals surface area contributed by atoms with Gasteiger partial charge in [-0.05, 0) is 43.0 Å². The predicted octanol–water partition coefficient (Wildman–Crippen LogP) is 2.51. The van der Waals surface area contributed by atoms with E-state index in [-0.39, 0.29) is 17.0 Å². The van der Waals surface area contributed by atoms with Crippen LogP contribution in [0.15, 0.2) is 53.4 Å². The fraction of sp³-hybridized carbons (Fsp3) is 0.316. The Labute approximate surface area is 153 Å². The van der Waals surface area contributed by atoms with Crippen LogP contribution in [0, 0.1) is 0 Å². The molecular weight excluding hydrogens is 352 g/mol. The number of nitrogens with one attached hydrogen (secondary N) is 1. The molecule has 26 heavy (non-hydrogen) atoms. The second-order valence-electron chi connectivity index (χ2n) is 6.31. The summed E-state index contributed by atoms with van der Waals surface area (Å²) in [5, 5.41) is 9.50. The van der Waals surface area contributed by atoms with Gasteiger partial charge in [-0.25, -0.2) is 17.9 Å². The molecule has 0 radical (unpaired) electrons. The van der Waals surface area contributed by atoms with Crippen LogP contribution in [-0.4, -0.2) is 39.1 Å². The van der Waals surface area contributed by atoms with Gasteiger partial charge >= 0.3 is 5.97 Å². The first kappa shape index (κ1) is 18.4. The average molecular weight is 374 g/mol. The van der Waals surface area contributed by atoms with Crippen molar-refractivity contribution >= 4 is 21.7 Å². The second kappa shape index (κ2) is 7.88. The van der Waals surface area contributed by atoms with Crippen molar-refractivity contribution < 1.29 is 18.3 Å². The van der Waals surface area contributed by atoms with Gasteiger partial charge in [0.1, 0.15) is 0 Å². The molecule has 1 heterocycles. The van der Waals surface area contributed by atoms with E-state index in [1.54, 1.807) is 6.07 Å². The quantitative estimate of drug-likeness (QED) is 0.778. The van der Waals surface area contributed by atoms with Crippen molar-refractivity contribution in [3.8, 4) is 0 Å². The van der Waals surface area contributed by atoms with Gasteiger partial charge < -0.3 is 10.0 Å². The molecule has 2 aromatic carbocycles. The third kappa shape index (κ3) is 4.23. The van der Waals surface area contributed by atoms with Gasteiger partial charge in [-0.1, -0.05) is 30.3 Å². The topological polar surface area (TPSA) is 86.7 Å². The van der Waals surface area contributed by atoms with Crippen LogP contribution in [0.5, 0.6) is 0 Å². The molecule has 1 fully saturated rings. The largest absolute Gasteiger partial charge is 0.478 e. The second-order valence-corrected chi connectivity index (χ2v) is 8.08. The number of benzene rings is 2. The van der Waals surface area contributed by atoms with Crippen molar-refractivity contribution in [1.82, 2.24) is 4.72 Å². The molecule has 0 amide bonds. The van der Waals surface area contributed by atoms with E-state index in [2.05, 4.69) is 4.72 Å². The Hall–Kier alpha value is -2.38. The molecular formula is C19H22N2O4S.